The Kier molecular flexibility index (Phi) is 5.16. The molecule has 2 aromatic carbocycles. The second-order valence-electron chi connectivity index (χ2n) is 4.31. The molecule has 0 fully saturated rings. The molecule has 0 radical (unpaired) electrons. The third-order valence-corrected chi connectivity index (χ3v) is 3.32. The van der Waals surface area contributed by atoms with Crippen LogP contribution in [0.3, 0.4) is 0 Å². The van der Waals surface area contributed by atoms with Gasteiger partial charge in [0.05, 0.1) is 23.2 Å². The number of anilines is 2. The quantitative estimate of drug-likeness (QED) is 0.808. The van der Waals surface area contributed by atoms with Crippen molar-refractivity contribution in [3.8, 4) is 5.75 Å². The van der Waals surface area contributed by atoms with Crippen molar-refractivity contribution in [2.45, 2.75) is 6.42 Å². The largest absolute Gasteiger partial charge is 0.491 e. The molecular formula is C15H14BrFN2O2. The van der Waals surface area contributed by atoms with E-state index < -0.39 is 0 Å². The van der Waals surface area contributed by atoms with Crippen LogP contribution < -0.4 is 15.8 Å². The summed E-state index contributed by atoms with van der Waals surface area (Å²) >= 11 is 3.06. The SMILES string of the molecule is Nc1ccccc1OCCC(=O)Nc1ccc(F)c(Br)c1. The second-order valence-corrected chi connectivity index (χ2v) is 5.17. The van der Waals surface area contributed by atoms with Crippen LogP contribution in [-0.2, 0) is 4.79 Å². The Balaban J connectivity index is 1.82. The zero-order chi connectivity index (χ0) is 15.2. The van der Waals surface area contributed by atoms with Crippen LogP contribution in [0.4, 0.5) is 15.8 Å². The lowest BCUT2D eigenvalue weighted by Gasteiger charge is -2.09. The van der Waals surface area contributed by atoms with E-state index in [4.69, 9.17) is 10.5 Å². The number of carbonyl (C=O) groups is 1. The molecule has 0 heterocycles. The predicted molar refractivity (Wildman–Crippen MR) is 83.7 cm³/mol. The number of ether oxygens (including phenoxy) is 1. The fourth-order valence-corrected chi connectivity index (χ4v) is 2.04. The summed E-state index contributed by atoms with van der Waals surface area (Å²) in [7, 11) is 0. The summed E-state index contributed by atoms with van der Waals surface area (Å²) in [4.78, 5) is 11.8. The monoisotopic (exact) mass is 352 g/mol. The molecule has 0 unspecified atom stereocenters. The van der Waals surface area contributed by atoms with Crippen molar-refractivity contribution >= 4 is 33.2 Å². The van der Waals surface area contributed by atoms with Gasteiger partial charge in [-0.1, -0.05) is 12.1 Å². The number of amides is 1. The summed E-state index contributed by atoms with van der Waals surface area (Å²) in [6.45, 7) is 0.211. The highest BCUT2D eigenvalue weighted by Gasteiger charge is 2.06. The number of hydrogen-bond acceptors (Lipinski definition) is 3. The first-order valence-electron chi connectivity index (χ1n) is 6.28. The lowest BCUT2D eigenvalue weighted by atomic mass is 10.3. The zero-order valence-electron chi connectivity index (χ0n) is 11.1. The standard InChI is InChI=1S/C15H14BrFN2O2/c16-11-9-10(5-6-12(11)17)19-15(20)7-8-21-14-4-2-1-3-13(14)18/h1-6,9H,7-8,18H2,(H,19,20). The van der Waals surface area contributed by atoms with E-state index in [9.17, 15) is 9.18 Å². The van der Waals surface area contributed by atoms with E-state index in [2.05, 4.69) is 21.2 Å². The second kappa shape index (κ2) is 7.08. The Morgan fingerprint density at radius 1 is 1.29 bits per heavy atom. The summed E-state index contributed by atoms with van der Waals surface area (Å²) in [5, 5.41) is 2.66. The Bertz CT molecular complexity index is 649. The average molecular weight is 353 g/mol. The first-order valence-corrected chi connectivity index (χ1v) is 7.08. The lowest BCUT2D eigenvalue weighted by Crippen LogP contribution is -2.15. The smallest absolute Gasteiger partial charge is 0.227 e. The van der Waals surface area contributed by atoms with Gasteiger partial charge in [-0.05, 0) is 46.3 Å². The number of carbonyl (C=O) groups excluding carboxylic acids is 1. The van der Waals surface area contributed by atoms with Crippen molar-refractivity contribution in [3.05, 3.63) is 52.8 Å². The molecular weight excluding hydrogens is 339 g/mol. The van der Waals surface area contributed by atoms with Crippen molar-refractivity contribution in [3.63, 3.8) is 0 Å². The molecule has 6 heteroatoms. The van der Waals surface area contributed by atoms with Crippen LogP contribution >= 0.6 is 15.9 Å². The third kappa shape index (κ3) is 4.46. The van der Waals surface area contributed by atoms with Gasteiger partial charge in [0.25, 0.3) is 0 Å². The van der Waals surface area contributed by atoms with Gasteiger partial charge in [0.2, 0.25) is 5.91 Å². The Morgan fingerprint density at radius 3 is 2.76 bits per heavy atom. The van der Waals surface area contributed by atoms with E-state index in [0.717, 1.165) is 0 Å². The van der Waals surface area contributed by atoms with Crippen LogP contribution in [0.2, 0.25) is 0 Å². The van der Waals surface area contributed by atoms with Crippen molar-refractivity contribution in [2.24, 2.45) is 0 Å². The first-order chi connectivity index (χ1) is 10.1. The van der Waals surface area contributed by atoms with E-state index in [-0.39, 0.29) is 24.8 Å². The van der Waals surface area contributed by atoms with Gasteiger partial charge in [-0.15, -0.1) is 0 Å². The van der Waals surface area contributed by atoms with Gasteiger partial charge >= 0.3 is 0 Å². The van der Waals surface area contributed by atoms with Crippen LogP contribution in [0.5, 0.6) is 5.75 Å². The van der Waals surface area contributed by atoms with Gasteiger partial charge < -0.3 is 15.8 Å². The molecule has 0 aliphatic carbocycles. The molecule has 110 valence electrons. The summed E-state index contributed by atoms with van der Waals surface area (Å²) in [5.74, 6) is -0.0475. The van der Waals surface area contributed by atoms with Crippen molar-refractivity contribution in [2.75, 3.05) is 17.7 Å². The van der Waals surface area contributed by atoms with E-state index in [0.29, 0.717) is 21.6 Å². The normalized spacial score (nSPS) is 10.2. The topological polar surface area (TPSA) is 64.3 Å². The molecule has 2 rings (SSSR count). The van der Waals surface area contributed by atoms with E-state index in [1.165, 1.54) is 18.2 Å². The average Bonchev–Trinajstić information content (AvgIpc) is 2.45. The van der Waals surface area contributed by atoms with Crippen molar-refractivity contribution in [1.82, 2.24) is 0 Å². The molecule has 0 saturated heterocycles. The van der Waals surface area contributed by atoms with Gasteiger partial charge in [-0.25, -0.2) is 4.39 Å². The first kappa shape index (κ1) is 15.3. The maximum absolute atomic E-state index is 13.1. The molecule has 0 aliphatic heterocycles. The van der Waals surface area contributed by atoms with Gasteiger partial charge in [0.15, 0.2) is 0 Å². The fourth-order valence-electron chi connectivity index (χ4n) is 1.66. The number of nitrogens with two attached hydrogens (primary N) is 1. The highest BCUT2D eigenvalue weighted by molar-refractivity contribution is 9.10. The number of benzene rings is 2. The summed E-state index contributed by atoms with van der Waals surface area (Å²) in [6.07, 6.45) is 0.170. The molecule has 0 atom stereocenters. The van der Waals surface area contributed by atoms with E-state index in [1.54, 1.807) is 18.2 Å². The molecule has 0 saturated carbocycles. The third-order valence-electron chi connectivity index (χ3n) is 2.71. The molecule has 0 bridgehead atoms. The van der Waals surface area contributed by atoms with Crippen LogP contribution in [0.25, 0.3) is 0 Å². The van der Waals surface area contributed by atoms with Crippen molar-refractivity contribution in [1.29, 1.82) is 0 Å². The Labute approximate surface area is 130 Å². The number of halogens is 2. The molecule has 1 amide bonds. The predicted octanol–water partition coefficient (Wildman–Crippen LogP) is 3.58. The molecule has 0 aliphatic rings. The van der Waals surface area contributed by atoms with Crippen LogP contribution in [-0.4, -0.2) is 12.5 Å². The van der Waals surface area contributed by atoms with Gasteiger partial charge in [0, 0.05) is 5.69 Å². The number of nitrogens with one attached hydrogen (secondary N) is 1. The lowest BCUT2D eigenvalue weighted by molar-refractivity contribution is -0.116. The summed E-state index contributed by atoms with van der Waals surface area (Å²) in [5.41, 5.74) is 6.77. The van der Waals surface area contributed by atoms with Gasteiger partial charge in [-0.3, -0.25) is 4.79 Å². The molecule has 0 aromatic heterocycles. The number of nitrogen functional groups attached to an aromatic ring is 1. The highest BCUT2D eigenvalue weighted by atomic mass is 79.9. The number of hydrogen-bond donors (Lipinski definition) is 2. The Hall–Kier alpha value is -2.08. The molecule has 21 heavy (non-hydrogen) atoms. The number of para-hydroxylation sites is 2. The van der Waals surface area contributed by atoms with Crippen molar-refractivity contribution < 1.29 is 13.9 Å². The van der Waals surface area contributed by atoms with Crippen LogP contribution in [0.15, 0.2) is 46.9 Å². The number of rotatable bonds is 5. The van der Waals surface area contributed by atoms with Crippen LogP contribution in [0.1, 0.15) is 6.42 Å². The maximum atomic E-state index is 13.1. The fraction of sp³-hybridized carbons (Fsp3) is 0.133. The minimum atomic E-state index is -0.379. The molecule has 4 nitrogen and oxygen atoms in total. The maximum Gasteiger partial charge on any atom is 0.227 e. The molecule has 3 N–H and O–H groups in total. The zero-order valence-corrected chi connectivity index (χ0v) is 12.7. The molecule has 0 spiro atoms. The summed E-state index contributed by atoms with van der Waals surface area (Å²) in [6, 6.07) is 11.4. The highest BCUT2D eigenvalue weighted by Crippen LogP contribution is 2.21. The Morgan fingerprint density at radius 2 is 2.05 bits per heavy atom. The van der Waals surface area contributed by atoms with E-state index >= 15 is 0 Å². The minimum absolute atomic E-state index is 0.170. The van der Waals surface area contributed by atoms with E-state index in [1.807, 2.05) is 6.07 Å². The van der Waals surface area contributed by atoms with Gasteiger partial charge in [0.1, 0.15) is 11.6 Å². The molecule has 2 aromatic rings. The summed E-state index contributed by atoms with van der Waals surface area (Å²) < 4.78 is 18.8. The van der Waals surface area contributed by atoms with Crippen LogP contribution in [0, 0.1) is 5.82 Å². The minimum Gasteiger partial charge on any atom is -0.491 e. The van der Waals surface area contributed by atoms with Gasteiger partial charge in [-0.2, -0.15) is 0 Å².